The number of amides is 1. The number of carbonyl (C=O) groups is 1. The summed E-state index contributed by atoms with van der Waals surface area (Å²) in [6.07, 6.45) is 1.44. The third kappa shape index (κ3) is 4.60. The van der Waals surface area contributed by atoms with Gasteiger partial charge in [0.2, 0.25) is 5.91 Å². The van der Waals surface area contributed by atoms with Gasteiger partial charge in [-0.1, -0.05) is 44.5 Å². The van der Waals surface area contributed by atoms with E-state index < -0.39 is 12.0 Å². The van der Waals surface area contributed by atoms with Gasteiger partial charge in [0.15, 0.2) is 0 Å². The number of hydrogen-bond acceptors (Lipinski definition) is 4. The molecule has 0 bridgehead atoms. The molecule has 1 fully saturated rings. The molecule has 1 aromatic heterocycles. The van der Waals surface area contributed by atoms with E-state index in [9.17, 15) is 9.90 Å². The molecule has 0 aliphatic carbocycles. The highest BCUT2D eigenvalue weighted by atomic mass is 35.5. The van der Waals surface area contributed by atoms with Crippen molar-refractivity contribution in [3.05, 3.63) is 53.2 Å². The van der Waals surface area contributed by atoms with Crippen molar-refractivity contribution in [2.75, 3.05) is 23.3 Å². The lowest BCUT2D eigenvalue weighted by atomic mass is 9.87. The predicted molar refractivity (Wildman–Crippen MR) is 109 cm³/mol. The fourth-order valence-corrected chi connectivity index (χ4v) is 3.57. The lowest BCUT2D eigenvalue weighted by molar-refractivity contribution is -0.123. The van der Waals surface area contributed by atoms with E-state index in [0.29, 0.717) is 30.4 Å². The highest BCUT2D eigenvalue weighted by Gasteiger charge is 2.34. The first kappa shape index (κ1) is 19.6. The molecule has 0 radical (unpaired) electrons. The van der Waals surface area contributed by atoms with Crippen molar-refractivity contribution in [2.24, 2.45) is 5.92 Å². The van der Waals surface area contributed by atoms with Crippen molar-refractivity contribution in [2.45, 2.75) is 38.7 Å². The molecule has 0 unspecified atom stereocenters. The number of hydrogen-bond donors (Lipinski definition) is 2. The molecule has 2 atom stereocenters. The van der Waals surface area contributed by atoms with Crippen LogP contribution in [0.1, 0.15) is 32.8 Å². The van der Waals surface area contributed by atoms with Crippen LogP contribution in [0, 0.1) is 5.92 Å². The molecule has 5 nitrogen and oxygen atoms in total. The molecule has 27 heavy (non-hydrogen) atoms. The summed E-state index contributed by atoms with van der Waals surface area (Å²) in [5, 5.41) is 14.0. The molecule has 1 aromatic carbocycles. The van der Waals surface area contributed by atoms with Crippen molar-refractivity contribution in [1.29, 1.82) is 0 Å². The molecule has 1 aliphatic rings. The summed E-state index contributed by atoms with van der Waals surface area (Å²) >= 11 is 6.19. The van der Waals surface area contributed by atoms with Gasteiger partial charge in [-0.3, -0.25) is 4.79 Å². The largest absolute Gasteiger partial charge is 0.390 e. The molecular weight excluding hydrogens is 362 g/mol. The number of pyridine rings is 1. The first-order chi connectivity index (χ1) is 12.8. The van der Waals surface area contributed by atoms with Crippen molar-refractivity contribution in [3.8, 4) is 0 Å². The zero-order valence-electron chi connectivity index (χ0n) is 15.9. The van der Waals surface area contributed by atoms with Crippen LogP contribution < -0.4 is 10.2 Å². The molecule has 0 spiro atoms. The van der Waals surface area contributed by atoms with Gasteiger partial charge in [-0.2, -0.15) is 0 Å². The molecule has 1 saturated heterocycles. The van der Waals surface area contributed by atoms with Gasteiger partial charge in [-0.15, -0.1) is 0 Å². The van der Waals surface area contributed by atoms with Gasteiger partial charge in [0.05, 0.1) is 17.0 Å². The van der Waals surface area contributed by atoms with Crippen LogP contribution in [0.25, 0.3) is 0 Å². The molecule has 1 aliphatic heterocycles. The van der Waals surface area contributed by atoms with Crippen molar-refractivity contribution in [3.63, 3.8) is 0 Å². The third-order valence-electron chi connectivity index (χ3n) is 4.98. The standard InChI is InChI=1S/C21H26ClN3O2/c1-21(2,3)14-6-8-15(9-7-14)24-20(27)16-10-12-25(13-18(16)26)19-17(22)5-4-11-23-19/h4-9,11,16,18,26H,10,12-13H2,1-3H3,(H,24,27)/t16-,18-/m0/s1. The van der Waals surface area contributed by atoms with Gasteiger partial charge in [-0.05, 0) is 41.7 Å². The summed E-state index contributed by atoms with van der Waals surface area (Å²) in [5.41, 5.74) is 2.02. The first-order valence-electron chi connectivity index (χ1n) is 9.20. The van der Waals surface area contributed by atoms with Crippen molar-refractivity contribution < 1.29 is 9.90 Å². The maximum atomic E-state index is 12.6. The quantitative estimate of drug-likeness (QED) is 0.839. The summed E-state index contributed by atoms with van der Waals surface area (Å²) in [7, 11) is 0. The van der Waals surface area contributed by atoms with E-state index in [4.69, 9.17) is 11.6 Å². The zero-order chi connectivity index (χ0) is 19.6. The highest BCUT2D eigenvalue weighted by Crippen LogP contribution is 2.29. The van der Waals surface area contributed by atoms with Crippen LogP contribution in [0.4, 0.5) is 11.5 Å². The van der Waals surface area contributed by atoms with Crippen LogP contribution in [0.5, 0.6) is 0 Å². The van der Waals surface area contributed by atoms with Crippen LogP contribution in [-0.2, 0) is 10.2 Å². The number of rotatable bonds is 3. The Morgan fingerprint density at radius 1 is 1.26 bits per heavy atom. The molecule has 6 heteroatoms. The second-order valence-electron chi connectivity index (χ2n) is 8.03. The number of piperidine rings is 1. The molecule has 144 valence electrons. The Labute approximate surface area is 165 Å². The Kier molecular flexibility index (Phi) is 5.72. The molecule has 1 amide bonds. The average molecular weight is 388 g/mol. The number of carbonyl (C=O) groups excluding carboxylic acids is 1. The molecule has 2 N–H and O–H groups in total. The molecule has 3 rings (SSSR count). The lowest BCUT2D eigenvalue weighted by Gasteiger charge is -2.36. The van der Waals surface area contributed by atoms with Crippen LogP contribution in [0.15, 0.2) is 42.6 Å². The Morgan fingerprint density at radius 3 is 2.56 bits per heavy atom. The summed E-state index contributed by atoms with van der Waals surface area (Å²) < 4.78 is 0. The van der Waals surface area contributed by atoms with E-state index in [2.05, 4.69) is 31.1 Å². The third-order valence-corrected chi connectivity index (χ3v) is 5.27. The molecular formula is C21H26ClN3O2. The smallest absolute Gasteiger partial charge is 0.230 e. The van der Waals surface area contributed by atoms with Gasteiger partial charge in [0.25, 0.3) is 0 Å². The zero-order valence-corrected chi connectivity index (χ0v) is 16.7. The first-order valence-corrected chi connectivity index (χ1v) is 9.58. The molecule has 2 heterocycles. The summed E-state index contributed by atoms with van der Waals surface area (Å²) in [4.78, 5) is 18.8. The monoisotopic (exact) mass is 387 g/mol. The summed E-state index contributed by atoms with van der Waals surface area (Å²) in [6.45, 7) is 7.41. The predicted octanol–water partition coefficient (Wildman–Crippen LogP) is 3.86. The number of nitrogens with zero attached hydrogens (tertiary/aromatic N) is 2. The summed E-state index contributed by atoms with van der Waals surface area (Å²) in [5.74, 6) is 0.0404. The topological polar surface area (TPSA) is 65.5 Å². The number of benzene rings is 1. The maximum Gasteiger partial charge on any atom is 0.230 e. The number of aromatic nitrogens is 1. The van der Waals surface area contributed by atoms with Gasteiger partial charge >= 0.3 is 0 Å². The van der Waals surface area contributed by atoms with E-state index in [0.717, 1.165) is 5.69 Å². The van der Waals surface area contributed by atoms with Gasteiger partial charge in [0.1, 0.15) is 5.82 Å². The van der Waals surface area contributed by atoms with Gasteiger partial charge in [0, 0.05) is 25.0 Å². The van der Waals surface area contributed by atoms with Crippen LogP contribution in [0.3, 0.4) is 0 Å². The van der Waals surface area contributed by atoms with E-state index in [1.165, 1.54) is 5.56 Å². The molecule has 0 saturated carbocycles. The fourth-order valence-electron chi connectivity index (χ4n) is 3.33. The van der Waals surface area contributed by atoms with Crippen LogP contribution in [-0.4, -0.2) is 35.2 Å². The highest BCUT2D eigenvalue weighted by molar-refractivity contribution is 6.32. The van der Waals surface area contributed by atoms with Gasteiger partial charge < -0.3 is 15.3 Å². The minimum atomic E-state index is -0.773. The lowest BCUT2D eigenvalue weighted by Crippen LogP contribution is -2.48. The number of aliphatic hydroxyl groups excluding tert-OH is 1. The van der Waals surface area contributed by atoms with E-state index in [1.54, 1.807) is 18.3 Å². The van der Waals surface area contributed by atoms with Crippen LogP contribution in [0.2, 0.25) is 5.02 Å². The minimum absolute atomic E-state index is 0.0678. The summed E-state index contributed by atoms with van der Waals surface area (Å²) in [6, 6.07) is 11.4. The normalized spacial score (nSPS) is 20.4. The minimum Gasteiger partial charge on any atom is -0.390 e. The Morgan fingerprint density at radius 2 is 1.96 bits per heavy atom. The number of β-amino-alcohol motifs (C(OH)–C–C–N with tert-alkyl or cyclic N) is 1. The Bertz CT molecular complexity index is 802. The number of anilines is 2. The Balaban J connectivity index is 1.62. The number of nitrogens with one attached hydrogen (secondary N) is 1. The number of halogens is 1. The maximum absolute atomic E-state index is 12.6. The van der Waals surface area contributed by atoms with Crippen LogP contribution >= 0.6 is 11.6 Å². The van der Waals surface area contributed by atoms with Gasteiger partial charge in [-0.25, -0.2) is 4.98 Å². The Hall–Kier alpha value is -2.11. The molecule has 2 aromatic rings. The number of aliphatic hydroxyl groups is 1. The SMILES string of the molecule is CC(C)(C)c1ccc(NC(=O)[C@H]2CCN(c3ncccc3Cl)C[C@@H]2O)cc1. The van der Waals surface area contributed by atoms with Crippen molar-refractivity contribution >= 4 is 29.0 Å². The van der Waals surface area contributed by atoms with Crippen molar-refractivity contribution in [1.82, 2.24) is 4.98 Å². The average Bonchev–Trinajstić information content (AvgIpc) is 2.61. The van der Waals surface area contributed by atoms with E-state index >= 15 is 0 Å². The van der Waals surface area contributed by atoms with E-state index in [-0.39, 0.29) is 11.3 Å². The fraction of sp³-hybridized carbons (Fsp3) is 0.429. The second kappa shape index (κ2) is 7.87. The second-order valence-corrected chi connectivity index (χ2v) is 8.44. The van der Waals surface area contributed by atoms with E-state index in [1.807, 2.05) is 29.2 Å².